The molecule has 0 spiro atoms. The van der Waals surface area contributed by atoms with Crippen molar-refractivity contribution in [3.63, 3.8) is 0 Å². The predicted molar refractivity (Wildman–Crippen MR) is 167 cm³/mol. The van der Waals surface area contributed by atoms with Crippen LogP contribution in [0.3, 0.4) is 0 Å². The van der Waals surface area contributed by atoms with Gasteiger partial charge in [-0.2, -0.15) is 0 Å². The van der Waals surface area contributed by atoms with Gasteiger partial charge >= 0.3 is 0 Å². The quantitative estimate of drug-likeness (QED) is 0.221. The molecule has 0 fully saturated rings. The fourth-order valence-corrected chi connectivity index (χ4v) is 5.09. The van der Waals surface area contributed by atoms with E-state index in [9.17, 15) is 11.0 Å². The molecule has 0 aliphatic carbocycles. The zero-order chi connectivity index (χ0) is 45.8. The van der Waals surface area contributed by atoms with Gasteiger partial charge < -0.3 is 9.32 Å². The highest BCUT2D eigenvalue weighted by molar-refractivity contribution is 7.25. The van der Waals surface area contributed by atoms with E-state index in [2.05, 4.69) is 0 Å². The lowest BCUT2D eigenvalue weighted by molar-refractivity contribution is 0.669. The first-order chi connectivity index (χ1) is 28.9. The van der Waals surface area contributed by atoms with Crippen molar-refractivity contribution in [2.45, 2.75) is 0 Å². The lowest BCUT2D eigenvalue weighted by atomic mass is 10.0. The van der Waals surface area contributed by atoms with E-state index in [-0.39, 0.29) is 20.2 Å². The molecule has 3 heteroatoms. The molecule has 0 unspecified atom stereocenters. The van der Waals surface area contributed by atoms with Gasteiger partial charge in [0.2, 0.25) is 0 Å². The van der Waals surface area contributed by atoms with Gasteiger partial charge in [-0.15, -0.1) is 11.3 Å². The van der Waals surface area contributed by atoms with Crippen LogP contribution in [0.1, 0.15) is 31.5 Å². The van der Waals surface area contributed by atoms with Crippen LogP contribution in [0, 0.1) is 0 Å². The van der Waals surface area contributed by atoms with Gasteiger partial charge in [-0.1, -0.05) is 84.6 Å². The third-order valence-corrected chi connectivity index (χ3v) is 6.85. The Bertz CT molecular complexity index is 3350. The molecular weight excluding hydrogens is 494 g/mol. The largest absolute Gasteiger partial charge is 0.456 e. The van der Waals surface area contributed by atoms with Crippen molar-refractivity contribution < 1.29 is 35.9 Å². The van der Waals surface area contributed by atoms with E-state index < -0.39 is 189 Å². The first kappa shape index (κ1) is 9.11. The van der Waals surface area contributed by atoms with Crippen molar-refractivity contribution in [3.8, 4) is 11.1 Å². The normalized spacial score (nSPS) is 19.8. The number of furan rings is 1. The summed E-state index contributed by atoms with van der Waals surface area (Å²) in [4.78, 5) is 0.599. The maximum Gasteiger partial charge on any atom is 0.137 e. The molecular formula is C36H23NOS. The second kappa shape index (κ2) is 8.87. The van der Waals surface area contributed by atoms with Crippen molar-refractivity contribution in [2.24, 2.45) is 0 Å². The zero-order valence-electron chi connectivity index (χ0n) is 42.3. The maximum atomic E-state index is 9.68. The predicted octanol–water partition coefficient (Wildman–Crippen LogP) is 11.1. The van der Waals surface area contributed by atoms with E-state index in [0.29, 0.717) is 16.2 Å². The van der Waals surface area contributed by atoms with Crippen molar-refractivity contribution in [3.05, 3.63) is 139 Å². The van der Waals surface area contributed by atoms with Gasteiger partial charge in [-0.25, -0.2) is 0 Å². The number of hydrogen-bond acceptors (Lipinski definition) is 3. The van der Waals surface area contributed by atoms with Crippen LogP contribution in [-0.2, 0) is 0 Å². The highest BCUT2D eigenvalue weighted by Crippen LogP contribution is 2.45. The topological polar surface area (TPSA) is 16.4 Å². The standard InChI is InChI=1S/C36H23NOS/c1-2-9-24(10-3-1)25-17-19-26(20-18-25)37(27-21-22-35-30(23-27)28-11-5-7-16-34(28)39-35)31-13-8-15-33-36(31)29-12-4-6-14-32(29)38-33/h1-23H/i1D,2D,3D,4D,5D,6D,7D,8D,9D,10D,11D,12D,13D,14D,15D,16D,17D,18D,19D,20D,21D,22D,23D. The Hall–Kier alpha value is -4.86. The van der Waals surface area contributed by atoms with Crippen molar-refractivity contribution in [1.29, 1.82) is 0 Å². The molecule has 2 aromatic heterocycles. The zero-order valence-corrected chi connectivity index (χ0v) is 20.1. The Labute approximate surface area is 262 Å². The molecule has 2 heterocycles. The molecule has 39 heavy (non-hydrogen) atoms. The van der Waals surface area contributed by atoms with E-state index >= 15 is 0 Å². The summed E-state index contributed by atoms with van der Waals surface area (Å²) < 4.78 is 208. The molecule has 6 aromatic carbocycles. The number of hydrogen-bond donors (Lipinski definition) is 0. The average molecular weight is 541 g/mol. The molecule has 0 N–H and O–H groups in total. The minimum absolute atomic E-state index is 0.115. The van der Waals surface area contributed by atoms with Crippen LogP contribution in [0.5, 0.6) is 0 Å². The van der Waals surface area contributed by atoms with Gasteiger partial charge in [0.25, 0.3) is 0 Å². The minimum Gasteiger partial charge on any atom is -0.456 e. The summed E-state index contributed by atoms with van der Waals surface area (Å²) in [5.74, 6) is 0. The van der Waals surface area contributed by atoms with E-state index in [1.165, 1.54) is 0 Å². The summed E-state index contributed by atoms with van der Waals surface area (Å²) in [7, 11) is 0. The number of benzene rings is 6. The number of para-hydroxylation sites is 1. The number of anilines is 3. The molecule has 0 amide bonds. The lowest BCUT2D eigenvalue weighted by Crippen LogP contribution is -2.10. The van der Waals surface area contributed by atoms with Crippen LogP contribution in [0.25, 0.3) is 53.2 Å². The summed E-state index contributed by atoms with van der Waals surface area (Å²) in [6, 6.07) is -19.5. The molecule has 8 aromatic rings. The number of nitrogens with zero attached hydrogens (tertiary/aromatic N) is 1. The van der Waals surface area contributed by atoms with Gasteiger partial charge in [0.05, 0.1) is 42.6 Å². The Morgan fingerprint density at radius 2 is 1.18 bits per heavy atom. The van der Waals surface area contributed by atoms with Crippen LogP contribution < -0.4 is 4.90 Å². The van der Waals surface area contributed by atoms with Crippen LogP contribution >= 0.6 is 11.3 Å². The smallest absolute Gasteiger partial charge is 0.137 e. The molecule has 0 saturated carbocycles. The molecule has 8 rings (SSSR count). The summed E-state index contributed by atoms with van der Waals surface area (Å²) >= 11 is 0.667. The van der Waals surface area contributed by atoms with Crippen LogP contribution in [-0.4, -0.2) is 0 Å². The van der Waals surface area contributed by atoms with Gasteiger partial charge in [0, 0.05) is 36.9 Å². The van der Waals surface area contributed by atoms with E-state index in [0.717, 1.165) is 0 Å². The molecule has 0 saturated heterocycles. The number of thiophene rings is 1. The summed E-state index contributed by atoms with van der Waals surface area (Å²) in [5.41, 5.74) is -5.29. The monoisotopic (exact) mass is 540 g/mol. The van der Waals surface area contributed by atoms with Gasteiger partial charge in [-0.3, -0.25) is 0 Å². The Morgan fingerprint density at radius 1 is 0.513 bits per heavy atom. The first-order valence-corrected chi connectivity index (χ1v) is 12.1. The van der Waals surface area contributed by atoms with E-state index in [1.54, 1.807) is 0 Å². The SMILES string of the molecule is [2H]c1c([2H])c([2H])c(-c2c([2H])c([2H])c(N(c3c([2H])c([2H])c4sc5c([2H])c([2H])c([2H])c([2H])c5c4c3[2H])c3c([2H])c([2H])c([2H])c4oc5c([2H])c([2H])c([2H])c([2H])c5c34)c([2H])c2[2H])c([2H])c1[2H]. The second-order valence-corrected chi connectivity index (χ2v) is 9.05. The molecule has 0 atom stereocenters. The highest BCUT2D eigenvalue weighted by atomic mass is 32.1. The summed E-state index contributed by atoms with van der Waals surface area (Å²) in [6.07, 6.45) is 0. The van der Waals surface area contributed by atoms with Crippen molar-refractivity contribution in [2.75, 3.05) is 4.90 Å². The van der Waals surface area contributed by atoms with Gasteiger partial charge in [0.15, 0.2) is 0 Å². The fraction of sp³-hybridized carbons (Fsp3) is 0. The van der Waals surface area contributed by atoms with Crippen molar-refractivity contribution >= 4 is 70.5 Å². The minimum atomic E-state index is -1.10. The van der Waals surface area contributed by atoms with E-state index in [4.69, 9.17) is 25.0 Å². The van der Waals surface area contributed by atoms with Crippen LogP contribution in [0.2, 0.25) is 0 Å². The molecule has 184 valence electrons. The summed E-state index contributed by atoms with van der Waals surface area (Å²) in [5, 5.41) is -1.66. The second-order valence-electron chi connectivity index (χ2n) is 8.03. The molecule has 0 radical (unpaired) electrons. The number of rotatable bonds is 4. The molecule has 0 bridgehead atoms. The van der Waals surface area contributed by atoms with Gasteiger partial charge in [-0.05, 0) is 65.5 Å². The van der Waals surface area contributed by atoms with Gasteiger partial charge in [0.1, 0.15) is 11.2 Å². The van der Waals surface area contributed by atoms with Crippen LogP contribution in [0.15, 0.2) is 143 Å². The first-order valence-electron chi connectivity index (χ1n) is 22.7. The Balaban J connectivity index is 1.66. The average Bonchev–Trinajstić information content (AvgIpc) is 3.85. The number of fused-ring (bicyclic) bond motifs is 6. The van der Waals surface area contributed by atoms with E-state index in [1.807, 2.05) is 0 Å². The third-order valence-electron chi connectivity index (χ3n) is 5.83. The Morgan fingerprint density at radius 3 is 2.05 bits per heavy atom. The molecule has 2 nitrogen and oxygen atoms in total. The Kier molecular flexibility index (Phi) is 2.07. The lowest BCUT2D eigenvalue weighted by Gasteiger charge is -2.26. The highest BCUT2D eigenvalue weighted by Gasteiger charge is 2.20. The third kappa shape index (κ3) is 3.63. The maximum absolute atomic E-state index is 9.68. The fourth-order valence-electron chi connectivity index (χ4n) is 4.17. The van der Waals surface area contributed by atoms with Crippen molar-refractivity contribution in [1.82, 2.24) is 0 Å². The summed E-state index contributed by atoms with van der Waals surface area (Å²) in [6.45, 7) is 0. The van der Waals surface area contributed by atoms with Crippen LogP contribution in [0.4, 0.5) is 17.1 Å². The molecule has 0 aliphatic heterocycles. The molecule has 0 aliphatic rings.